The van der Waals surface area contributed by atoms with Crippen LogP contribution in [0.1, 0.15) is 35.7 Å². The summed E-state index contributed by atoms with van der Waals surface area (Å²) in [6.07, 6.45) is 3.51. The number of hydrogen-bond donors (Lipinski definition) is 0. The lowest BCUT2D eigenvalue weighted by Crippen LogP contribution is -1.91. The summed E-state index contributed by atoms with van der Waals surface area (Å²) < 4.78 is 0. The highest BCUT2D eigenvalue weighted by molar-refractivity contribution is 6.68. The topological polar surface area (TPSA) is 17.1 Å². The summed E-state index contributed by atoms with van der Waals surface area (Å²) in [4.78, 5) is 11.1. The predicted molar refractivity (Wildman–Crippen MR) is 85.7 cm³/mol. The van der Waals surface area contributed by atoms with Crippen molar-refractivity contribution in [1.82, 2.24) is 0 Å². The first-order valence-electron chi connectivity index (χ1n) is 6.70. The van der Waals surface area contributed by atoms with Gasteiger partial charge in [0.15, 0.2) is 0 Å². The van der Waals surface area contributed by atoms with Crippen molar-refractivity contribution in [1.29, 1.82) is 0 Å². The number of carbonyl (C=O) groups is 1. The number of aryl methyl sites for hydroxylation is 1. The molecule has 0 amide bonds. The molecule has 2 aromatic carbocycles. The van der Waals surface area contributed by atoms with Gasteiger partial charge in [0.1, 0.15) is 0 Å². The van der Waals surface area contributed by atoms with Crippen molar-refractivity contribution in [3.05, 3.63) is 58.6 Å². The van der Waals surface area contributed by atoms with Crippen LogP contribution >= 0.6 is 23.2 Å². The van der Waals surface area contributed by atoms with E-state index in [1.54, 1.807) is 12.1 Å². The van der Waals surface area contributed by atoms with Gasteiger partial charge >= 0.3 is 0 Å². The SMILES string of the molecule is CCCCc1ccc(-c2ccc(C(=O)Cl)c(Cl)c2)cc1. The van der Waals surface area contributed by atoms with Crippen LogP contribution in [0, 0.1) is 0 Å². The average Bonchev–Trinajstić information content (AvgIpc) is 2.45. The van der Waals surface area contributed by atoms with Gasteiger partial charge in [-0.3, -0.25) is 4.79 Å². The van der Waals surface area contributed by atoms with Gasteiger partial charge in [-0.1, -0.05) is 55.3 Å². The van der Waals surface area contributed by atoms with E-state index in [9.17, 15) is 4.79 Å². The number of rotatable bonds is 5. The first-order chi connectivity index (χ1) is 9.61. The van der Waals surface area contributed by atoms with Crippen molar-refractivity contribution in [2.24, 2.45) is 0 Å². The quantitative estimate of drug-likeness (QED) is 0.645. The average molecular weight is 307 g/mol. The summed E-state index contributed by atoms with van der Waals surface area (Å²) in [6.45, 7) is 2.19. The Hall–Kier alpha value is -1.31. The summed E-state index contributed by atoms with van der Waals surface area (Å²) in [6, 6.07) is 13.7. The summed E-state index contributed by atoms with van der Waals surface area (Å²) in [7, 11) is 0. The lowest BCUT2D eigenvalue weighted by Gasteiger charge is -2.06. The monoisotopic (exact) mass is 306 g/mol. The maximum atomic E-state index is 11.1. The normalized spacial score (nSPS) is 10.6. The molecule has 0 heterocycles. The first-order valence-corrected chi connectivity index (χ1v) is 7.46. The van der Waals surface area contributed by atoms with Crippen LogP contribution in [-0.2, 0) is 6.42 Å². The molecule has 104 valence electrons. The molecule has 20 heavy (non-hydrogen) atoms. The zero-order valence-electron chi connectivity index (χ0n) is 11.3. The fraction of sp³-hybridized carbons (Fsp3) is 0.235. The van der Waals surface area contributed by atoms with E-state index in [0.29, 0.717) is 10.6 Å². The van der Waals surface area contributed by atoms with Crippen LogP contribution in [0.2, 0.25) is 5.02 Å². The third kappa shape index (κ3) is 3.62. The van der Waals surface area contributed by atoms with Gasteiger partial charge in [-0.05, 0) is 53.3 Å². The van der Waals surface area contributed by atoms with E-state index in [-0.39, 0.29) is 0 Å². The molecule has 0 aliphatic rings. The largest absolute Gasteiger partial charge is 0.276 e. The minimum absolute atomic E-state index is 0.344. The second-order valence-electron chi connectivity index (χ2n) is 4.77. The highest BCUT2D eigenvalue weighted by Gasteiger charge is 2.08. The van der Waals surface area contributed by atoms with E-state index >= 15 is 0 Å². The van der Waals surface area contributed by atoms with E-state index in [1.165, 1.54) is 18.4 Å². The van der Waals surface area contributed by atoms with Crippen molar-refractivity contribution >= 4 is 28.4 Å². The summed E-state index contributed by atoms with van der Waals surface area (Å²) in [5.41, 5.74) is 3.75. The van der Waals surface area contributed by atoms with Gasteiger partial charge in [0, 0.05) is 0 Å². The van der Waals surface area contributed by atoms with Crippen LogP contribution in [-0.4, -0.2) is 5.24 Å². The Morgan fingerprint density at radius 1 is 1.05 bits per heavy atom. The van der Waals surface area contributed by atoms with Crippen molar-refractivity contribution < 1.29 is 4.79 Å². The molecule has 0 saturated heterocycles. The van der Waals surface area contributed by atoms with E-state index < -0.39 is 5.24 Å². The molecular weight excluding hydrogens is 291 g/mol. The molecule has 1 nitrogen and oxygen atoms in total. The molecule has 0 aliphatic heterocycles. The lowest BCUT2D eigenvalue weighted by atomic mass is 10.0. The number of unbranched alkanes of at least 4 members (excludes halogenated alkanes) is 1. The molecule has 0 N–H and O–H groups in total. The van der Waals surface area contributed by atoms with Gasteiger partial charge in [-0.15, -0.1) is 0 Å². The molecule has 2 aromatic rings. The summed E-state index contributed by atoms with van der Waals surface area (Å²) in [5, 5.41) is -0.144. The third-order valence-electron chi connectivity index (χ3n) is 3.29. The Morgan fingerprint density at radius 3 is 2.25 bits per heavy atom. The van der Waals surface area contributed by atoms with Gasteiger partial charge in [0.05, 0.1) is 10.6 Å². The highest BCUT2D eigenvalue weighted by atomic mass is 35.5. The van der Waals surface area contributed by atoms with Gasteiger partial charge in [0.2, 0.25) is 0 Å². The number of carbonyl (C=O) groups excluding carboxylic acids is 1. The molecule has 3 heteroatoms. The fourth-order valence-electron chi connectivity index (χ4n) is 2.10. The lowest BCUT2D eigenvalue weighted by molar-refractivity contribution is 0.108. The number of benzene rings is 2. The second kappa shape index (κ2) is 6.92. The molecule has 0 unspecified atom stereocenters. The molecule has 0 fully saturated rings. The van der Waals surface area contributed by atoms with Gasteiger partial charge in [-0.2, -0.15) is 0 Å². The first kappa shape index (κ1) is 15.1. The summed E-state index contributed by atoms with van der Waals surface area (Å²) >= 11 is 11.5. The summed E-state index contributed by atoms with van der Waals surface area (Å²) in [5.74, 6) is 0. The Morgan fingerprint density at radius 2 is 1.70 bits per heavy atom. The van der Waals surface area contributed by atoms with Crippen LogP contribution in [0.25, 0.3) is 11.1 Å². The molecule has 0 spiro atoms. The molecule has 0 aromatic heterocycles. The van der Waals surface area contributed by atoms with Gasteiger partial charge in [0.25, 0.3) is 5.24 Å². The maximum absolute atomic E-state index is 11.1. The minimum Gasteiger partial charge on any atom is -0.276 e. The molecule has 0 saturated carbocycles. The molecule has 0 radical (unpaired) electrons. The molecule has 0 bridgehead atoms. The molecule has 2 rings (SSSR count). The van der Waals surface area contributed by atoms with Gasteiger partial charge < -0.3 is 0 Å². The highest BCUT2D eigenvalue weighted by Crippen LogP contribution is 2.27. The van der Waals surface area contributed by atoms with Crippen LogP contribution in [0.15, 0.2) is 42.5 Å². The van der Waals surface area contributed by atoms with E-state index in [4.69, 9.17) is 23.2 Å². The molecule has 0 aliphatic carbocycles. The van der Waals surface area contributed by atoms with Crippen molar-refractivity contribution in [3.8, 4) is 11.1 Å². The van der Waals surface area contributed by atoms with E-state index in [2.05, 4.69) is 31.2 Å². The Kier molecular flexibility index (Phi) is 5.22. The Labute approximate surface area is 129 Å². The van der Waals surface area contributed by atoms with Crippen molar-refractivity contribution in [2.75, 3.05) is 0 Å². The zero-order valence-corrected chi connectivity index (χ0v) is 12.8. The van der Waals surface area contributed by atoms with Crippen LogP contribution < -0.4 is 0 Å². The van der Waals surface area contributed by atoms with Crippen molar-refractivity contribution in [3.63, 3.8) is 0 Å². The standard InChI is InChI=1S/C17H16Cl2O/c1-2-3-4-12-5-7-13(8-6-12)14-9-10-15(17(19)20)16(18)11-14/h5-11H,2-4H2,1H3. The van der Waals surface area contributed by atoms with E-state index in [1.807, 2.05) is 6.07 Å². The predicted octanol–water partition coefficient (Wildman–Crippen LogP) is 5.73. The maximum Gasteiger partial charge on any atom is 0.253 e. The van der Waals surface area contributed by atoms with Crippen molar-refractivity contribution in [2.45, 2.75) is 26.2 Å². The van der Waals surface area contributed by atoms with Gasteiger partial charge in [-0.25, -0.2) is 0 Å². The van der Waals surface area contributed by atoms with Crippen LogP contribution in [0.5, 0.6) is 0 Å². The van der Waals surface area contributed by atoms with Crippen LogP contribution in [0.3, 0.4) is 0 Å². The Balaban J connectivity index is 2.23. The smallest absolute Gasteiger partial charge is 0.253 e. The third-order valence-corrected chi connectivity index (χ3v) is 3.80. The molecule has 0 atom stereocenters. The van der Waals surface area contributed by atoms with E-state index in [0.717, 1.165) is 17.5 Å². The zero-order chi connectivity index (χ0) is 14.5. The fourth-order valence-corrected chi connectivity index (χ4v) is 2.58. The second-order valence-corrected chi connectivity index (χ2v) is 5.52. The number of halogens is 2. The van der Waals surface area contributed by atoms with Crippen LogP contribution in [0.4, 0.5) is 0 Å². The minimum atomic E-state index is -0.531. The number of hydrogen-bond acceptors (Lipinski definition) is 1. The Bertz CT molecular complexity index is 603. The molecular formula is C17H16Cl2O.